The molecule has 128 valence electrons. The van der Waals surface area contributed by atoms with E-state index in [4.69, 9.17) is 25.8 Å². The highest BCUT2D eigenvalue weighted by Crippen LogP contribution is 2.37. The number of ketones is 1. The molecule has 0 unspecified atom stereocenters. The van der Waals surface area contributed by atoms with Crippen molar-refractivity contribution in [2.75, 3.05) is 13.7 Å². The lowest BCUT2D eigenvalue weighted by Gasteiger charge is -2.16. The van der Waals surface area contributed by atoms with Crippen LogP contribution < -0.4 is 9.47 Å². The first kappa shape index (κ1) is 18.3. The van der Waals surface area contributed by atoms with Gasteiger partial charge < -0.3 is 14.2 Å². The second-order valence-corrected chi connectivity index (χ2v) is 6.49. The van der Waals surface area contributed by atoms with Crippen LogP contribution in [0.1, 0.15) is 33.9 Å². The van der Waals surface area contributed by atoms with E-state index in [0.29, 0.717) is 16.4 Å². The Morgan fingerprint density at radius 3 is 2.62 bits per heavy atom. The molecule has 5 nitrogen and oxygen atoms in total. The van der Waals surface area contributed by atoms with Gasteiger partial charge >= 0.3 is 5.97 Å². The molecule has 0 aliphatic heterocycles. The van der Waals surface area contributed by atoms with E-state index >= 15 is 0 Å². The molecule has 0 bridgehead atoms. The van der Waals surface area contributed by atoms with Gasteiger partial charge in [0.2, 0.25) is 5.78 Å². The summed E-state index contributed by atoms with van der Waals surface area (Å²) >= 11 is 7.46. The van der Waals surface area contributed by atoms with Gasteiger partial charge in [-0.05, 0) is 37.4 Å². The molecule has 0 radical (unpaired) electrons. The first-order valence-corrected chi connectivity index (χ1v) is 8.46. The first-order chi connectivity index (χ1) is 11.4. The molecule has 0 amide bonds. The average Bonchev–Trinajstić information content (AvgIpc) is 3.08. The van der Waals surface area contributed by atoms with Gasteiger partial charge in [0.15, 0.2) is 18.1 Å². The molecule has 1 aromatic carbocycles. The van der Waals surface area contributed by atoms with E-state index in [9.17, 15) is 9.59 Å². The summed E-state index contributed by atoms with van der Waals surface area (Å²) in [5, 5.41) is 2.02. The maximum atomic E-state index is 12.1. The van der Waals surface area contributed by atoms with Crippen molar-refractivity contribution < 1.29 is 23.8 Å². The molecule has 1 heterocycles. The Hall–Kier alpha value is -2.05. The molecule has 0 aliphatic rings. The van der Waals surface area contributed by atoms with Crippen LogP contribution in [-0.2, 0) is 4.74 Å². The smallest absolute Gasteiger partial charge is 0.338 e. The fourth-order valence-electron chi connectivity index (χ4n) is 1.91. The van der Waals surface area contributed by atoms with Crippen LogP contribution in [0.25, 0.3) is 0 Å². The second-order valence-electron chi connectivity index (χ2n) is 5.13. The Morgan fingerprint density at radius 2 is 2.04 bits per heavy atom. The third-order valence-electron chi connectivity index (χ3n) is 2.95. The fourth-order valence-corrected chi connectivity index (χ4v) is 2.82. The molecule has 2 aromatic rings. The van der Waals surface area contributed by atoms with Crippen molar-refractivity contribution in [3.05, 3.63) is 45.1 Å². The number of thiophene rings is 1. The number of ether oxygens (including phenoxy) is 3. The van der Waals surface area contributed by atoms with Crippen LogP contribution >= 0.6 is 22.9 Å². The molecule has 2 rings (SSSR count). The lowest BCUT2D eigenvalue weighted by molar-refractivity contribution is 0.0475. The highest BCUT2D eigenvalue weighted by Gasteiger charge is 2.19. The zero-order valence-corrected chi connectivity index (χ0v) is 15.1. The number of carbonyl (C=O) groups excluding carboxylic acids is 2. The highest BCUT2D eigenvalue weighted by molar-refractivity contribution is 7.12. The number of benzene rings is 1. The minimum absolute atomic E-state index is 0.0994. The van der Waals surface area contributed by atoms with Gasteiger partial charge in [-0.2, -0.15) is 0 Å². The summed E-state index contributed by atoms with van der Waals surface area (Å²) in [4.78, 5) is 24.6. The van der Waals surface area contributed by atoms with Gasteiger partial charge in [-0.25, -0.2) is 4.79 Å². The monoisotopic (exact) mass is 368 g/mol. The minimum atomic E-state index is -0.656. The Morgan fingerprint density at radius 1 is 1.29 bits per heavy atom. The molecule has 0 spiro atoms. The molecule has 0 fully saturated rings. The number of Topliss-reactive ketones (excluding diaryl/α,β-unsaturated/α-hetero) is 1. The molecule has 7 heteroatoms. The number of halogens is 1. The number of esters is 1. The van der Waals surface area contributed by atoms with Crippen LogP contribution in [0, 0.1) is 0 Å². The standard InChI is InChI=1S/C17H17ClO5S/c1-10(2)23-16-12(18)7-11(8-14(16)21-3)17(20)22-9-13(19)15-5-4-6-24-15/h4-8,10H,9H2,1-3H3. The van der Waals surface area contributed by atoms with E-state index in [-0.39, 0.29) is 29.1 Å². The zero-order valence-electron chi connectivity index (χ0n) is 13.5. The predicted octanol–water partition coefficient (Wildman–Crippen LogP) is 4.24. The lowest BCUT2D eigenvalue weighted by atomic mass is 10.2. The number of methoxy groups -OCH3 is 1. The molecular weight excluding hydrogens is 352 g/mol. The van der Waals surface area contributed by atoms with Gasteiger partial charge in [0.25, 0.3) is 0 Å². The number of hydrogen-bond acceptors (Lipinski definition) is 6. The lowest BCUT2D eigenvalue weighted by Crippen LogP contribution is -2.14. The first-order valence-electron chi connectivity index (χ1n) is 7.20. The Bertz CT molecular complexity index is 725. The Labute approximate surface area is 149 Å². The summed E-state index contributed by atoms with van der Waals surface area (Å²) in [5.74, 6) is -0.222. The molecule has 0 N–H and O–H groups in total. The second kappa shape index (κ2) is 8.17. The Balaban J connectivity index is 2.12. The summed E-state index contributed by atoms with van der Waals surface area (Å²) < 4.78 is 15.9. The van der Waals surface area contributed by atoms with Gasteiger partial charge in [0, 0.05) is 0 Å². The summed E-state index contributed by atoms with van der Waals surface area (Å²) in [6.45, 7) is 3.38. The summed E-state index contributed by atoms with van der Waals surface area (Å²) in [7, 11) is 1.45. The third-order valence-corrected chi connectivity index (χ3v) is 4.14. The van der Waals surface area contributed by atoms with E-state index in [2.05, 4.69) is 0 Å². The third kappa shape index (κ3) is 4.49. The van der Waals surface area contributed by atoms with Gasteiger partial charge in [-0.3, -0.25) is 4.79 Å². The predicted molar refractivity (Wildman–Crippen MR) is 92.7 cm³/mol. The number of carbonyl (C=O) groups is 2. The van der Waals surface area contributed by atoms with Gasteiger partial charge in [-0.1, -0.05) is 17.7 Å². The van der Waals surface area contributed by atoms with Gasteiger partial charge in [0.05, 0.1) is 28.7 Å². The summed E-state index contributed by atoms with van der Waals surface area (Å²) in [6.07, 6.45) is -0.0994. The quantitative estimate of drug-likeness (QED) is 0.540. The van der Waals surface area contributed by atoms with Crippen molar-refractivity contribution in [1.82, 2.24) is 0 Å². The van der Waals surface area contributed by atoms with Gasteiger partial charge in [-0.15, -0.1) is 11.3 Å². The fraction of sp³-hybridized carbons (Fsp3) is 0.294. The van der Waals surface area contributed by atoms with Gasteiger partial charge in [0.1, 0.15) is 0 Å². The highest BCUT2D eigenvalue weighted by atomic mass is 35.5. The van der Waals surface area contributed by atoms with Crippen molar-refractivity contribution in [3.8, 4) is 11.5 Å². The van der Waals surface area contributed by atoms with Crippen LogP contribution in [0.4, 0.5) is 0 Å². The van der Waals surface area contributed by atoms with Crippen molar-refractivity contribution in [2.24, 2.45) is 0 Å². The van der Waals surface area contributed by atoms with Crippen LogP contribution in [0.5, 0.6) is 11.5 Å². The van der Waals surface area contributed by atoms with E-state index in [1.165, 1.54) is 30.6 Å². The maximum Gasteiger partial charge on any atom is 0.338 e. The van der Waals surface area contributed by atoms with Crippen molar-refractivity contribution >= 4 is 34.7 Å². The molecule has 0 aliphatic carbocycles. The summed E-state index contributed by atoms with van der Waals surface area (Å²) in [6, 6.07) is 6.35. The SMILES string of the molecule is COc1cc(C(=O)OCC(=O)c2cccs2)cc(Cl)c1OC(C)C. The minimum Gasteiger partial charge on any atom is -0.493 e. The van der Waals surface area contributed by atoms with Crippen LogP contribution in [-0.4, -0.2) is 31.6 Å². The number of hydrogen-bond donors (Lipinski definition) is 0. The normalized spacial score (nSPS) is 10.5. The molecule has 0 saturated carbocycles. The number of rotatable bonds is 7. The van der Waals surface area contributed by atoms with Crippen LogP contribution in [0.2, 0.25) is 5.02 Å². The van der Waals surface area contributed by atoms with E-state index in [1.54, 1.807) is 17.5 Å². The average molecular weight is 369 g/mol. The zero-order chi connectivity index (χ0) is 17.7. The largest absolute Gasteiger partial charge is 0.493 e. The van der Waals surface area contributed by atoms with E-state index in [0.717, 1.165) is 0 Å². The van der Waals surface area contributed by atoms with Crippen LogP contribution in [0.3, 0.4) is 0 Å². The van der Waals surface area contributed by atoms with E-state index < -0.39 is 5.97 Å². The molecule has 24 heavy (non-hydrogen) atoms. The van der Waals surface area contributed by atoms with Crippen molar-refractivity contribution in [3.63, 3.8) is 0 Å². The summed E-state index contributed by atoms with van der Waals surface area (Å²) in [5.41, 5.74) is 0.187. The van der Waals surface area contributed by atoms with Crippen LogP contribution in [0.15, 0.2) is 29.6 Å². The maximum absolute atomic E-state index is 12.1. The topological polar surface area (TPSA) is 61.8 Å². The molecular formula is C17H17ClO5S. The van der Waals surface area contributed by atoms with E-state index in [1.807, 2.05) is 13.8 Å². The van der Waals surface area contributed by atoms with Crippen molar-refractivity contribution in [1.29, 1.82) is 0 Å². The Kier molecular flexibility index (Phi) is 6.23. The molecule has 1 aromatic heterocycles. The molecule has 0 atom stereocenters. The van der Waals surface area contributed by atoms with Crippen molar-refractivity contribution in [2.45, 2.75) is 20.0 Å². The molecule has 0 saturated heterocycles.